The van der Waals surface area contributed by atoms with E-state index < -0.39 is 9.84 Å². The number of benzene rings is 1. The first kappa shape index (κ1) is 16.3. The number of fused-ring (bicyclic) bond motifs is 1. The Balaban J connectivity index is 2.10. The van der Waals surface area contributed by atoms with Crippen LogP contribution in [0.1, 0.15) is 18.4 Å². The molecule has 0 aliphatic rings. The molecule has 7 nitrogen and oxygen atoms in total. The SMILES string of the molecule is CCS(=O)(=O)c1ccc(O)c(Nc2nc(C)nc3[nH]c(C)cc23)c1. The topological polar surface area (TPSA) is 108 Å². The van der Waals surface area contributed by atoms with Gasteiger partial charge in [0.15, 0.2) is 9.84 Å². The minimum absolute atomic E-state index is 0.00885. The van der Waals surface area contributed by atoms with Gasteiger partial charge in [0.25, 0.3) is 0 Å². The summed E-state index contributed by atoms with van der Waals surface area (Å²) in [6.45, 7) is 5.25. The first-order valence-corrected chi connectivity index (χ1v) is 9.12. The lowest BCUT2D eigenvalue weighted by atomic mass is 10.2. The summed E-state index contributed by atoms with van der Waals surface area (Å²) in [6, 6.07) is 6.05. The average Bonchev–Trinajstić information content (AvgIpc) is 2.89. The molecule has 0 spiro atoms. The van der Waals surface area contributed by atoms with Gasteiger partial charge in [-0.25, -0.2) is 18.4 Å². The van der Waals surface area contributed by atoms with Gasteiger partial charge in [-0.3, -0.25) is 0 Å². The van der Waals surface area contributed by atoms with Crippen molar-refractivity contribution in [3.05, 3.63) is 35.8 Å². The second-order valence-electron chi connectivity index (χ2n) is 5.54. The molecule has 0 aliphatic heterocycles. The Kier molecular flexibility index (Phi) is 3.92. The standard InChI is InChI=1S/C16H18N4O3S/c1-4-24(22,23)11-5-6-14(21)13(8-11)20-16-12-7-9(2)17-15(12)18-10(3)19-16/h5-8,21H,4H2,1-3H3,(H2,17,18,19,20). The molecule has 24 heavy (non-hydrogen) atoms. The third-order valence-corrected chi connectivity index (χ3v) is 5.43. The summed E-state index contributed by atoms with van der Waals surface area (Å²) >= 11 is 0. The summed E-state index contributed by atoms with van der Waals surface area (Å²) in [5.41, 5.74) is 1.89. The van der Waals surface area contributed by atoms with Crippen LogP contribution in [0.2, 0.25) is 0 Å². The summed E-state index contributed by atoms with van der Waals surface area (Å²) in [5.74, 6) is 0.999. The van der Waals surface area contributed by atoms with Gasteiger partial charge in [-0.15, -0.1) is 0 Å². The number of nitrogens with one attached hydrogen (secondary N) is 2. The van der Waals surface area contributed by atoms with E-state index in [1.165, 1.54) is 18.2 Å². The van der Waals surface area contributed by atoms with Crippen molar-refractivity contribution in [3.8, 4) is 5.75 Å². The maximum Gasteiger partial charge on any atom is 0.178 e. The van der Waals surface area contributed by atoms with Crippen molar-refractivity contribution >= 4 is 32.4 Å². The van der Waals surface area contributed by atoms with Crippen molar-refractivity contribution in [3.63, 3.8) is 0 Å². The number of aromatic hydroxyl groups is 1. The molecule has 1 aromatic carbocycles. The molecular formula is C16H18N4O3S. The van der Waals surface area contributed by atoms with Crippen LogP contribution in [0.15, 0.2) is 29.2 Å². The molecule has 0 radical (unpaired) electrons. The molecule has 0 unspecified atom stereocenters. The Labute approximate surface area is 139 Å². The van der Waals surface area contributed by atoms with Crippen molar-refractivity contribution in [2.24, 2.45) is 0 Å². The summed E-state index contributed by atoms with van der Waals surface area (Å²) in [4.78, 5) is 12.0. The van der Waals surface area contributed by atoms with E-state index in [1.807, 2.05) is 13.0 Å². The Hall–Kier alpha value is -2.61. The molecule has 8 heteroatoms. The smallest absolute Gasteiger partial charge is 0.178 e. The van der Waals surface area contributed by atoms with Crippen molar-refractivity contribution in [1.82, 2.24) is 15.0 Å². The van der Waals surface area contributed by atoms with Crippen LogP contribution < -0.4 is 5.32 Å². The Morgan fingerprint density at radius 2 is 1.96 bits per heavy atom. The largest absolute Gasteiger partial charge is 0.506 e. The Morgan fingerprint density at radius 3 is 2.67 bits per heavy atom. The van der Waals surface area contributed by atoms with Gasteiger partial charge in [0.1, 0.15) is 23.0 Å². The fourth-order valence-electron chi connectivity index (χ4n) is 2.45. The number of H-pyrrole nitrogens is 1. The predicted molar refractivity (Wildman–Crippen MR) is 92.5 cm³/mol. The van der Waals surface area contributed by atoms with Gasteiger partial charge in [0, 0.05) is 5.69 Å². The number of rotatable bonds is 4. The van der Waals surface area contributed by atoms with Crippen LogP contribution in [0.5, 0.6) is 5.75 Å². The number of phenols is 1. The second-order valence-corrected chi connectivity index (χ2v) is 7.82. The third-order valence-electron chi connectivity index (χ3n) is 3.69. The number of sulfone groups is 1. The average molecular weight is 346 g/mol. The highest BCUT2D eigenvalue weighted by Crippen LogP contribution is 2.31. The van der Waals surface area contributed by atoms with Gasteiger partial charge >= 0.3 is 0 Å². The molecule has 2 aromatic heterocycles. The molecule has 0 amide bonds. The first-order valence-electron chi connectivity index (χ1n) is 7.47. The molecule has 0 saturated carbocycles. The van der Waals surface area contributed by atoms with Gasteiger partial charge in [-0.1, -0.05) is 6.92 Å². The van der Waals surface area contributed by atoms with Crippen LogP contribution in [0, 0.1) is 13.8 Å². The van der Waals surface area contributed by atoms with Crippen LogP contribution >= 0.6 is 0 Å². The molecule has 0 aliphatic carbocycles. The van der Waals surface area contributed by atoms with E-state index in [4.69, 9.17) is 0 Å². The highest BCUT2D eigenvalue weighted by atomic mass is 32.2. The van der Waals surface area contributed by atoms with Crippen LogP contribution in [0.25, 0.3) is 11.0 Å². The fraction of sp³-hybridized carbons (Fsp3) is 0.250. The van der Waals surface area contributed by atoms with E-state index in [0.29, 0.717) is 17.3 Å². The number of phenolic OH excluding ortho intramolecular Hbond substituents is 1. The number of anilines is 2. The van der Waals surface area contributed by atoms with Gasteiger partial charge in [0.05, 0.1) is 21.7 Å². The monoisotopic (exact) mass is 346 g/mol. The van der Waals surface area contributed by atoms with Crippen molar-refractivity contribution in [2.75, 3.05) is 11.1 Å². The van der Waals surface area contributed by atoms with E-state index in [9.17, 15) is 13.5 Å². The lowest BCUT2D eigenvalue weighted by Gasteiger charge is -2.11. The van der Waals surface area contributed by atoms with Gasteiger partial charge in [-0.2, -0.15) is 0 Å². The third kappa shape index (κ3) is 2.92. The van der Waals surface area contributed by atoms with Gasteiger partial charge in [0.2, 0.25) is 0 Å². The van der Waals surface area contributed by atoms with E-state index >= 15 is 0 Å². The number of aryl methyl sites for hydroxylation is 2. The van der Waals surface area contributed by atoms with Gasteiger partial charge < -0.3 is 15.4 Å². The molecule has 3 rings (SSSR count). The summed E-state index contributed by atoms with van der Waals surface area (Å²) < 4.78 is 24.1. The predicted octanol–water partition coefficient (Wildman–Crippen LogP) is 2.82. The molecule has 2 heterocycles. The molecule has 3 N–H and O–H groups in total. The summed E-state index contributed by atoms with van der Waals surface area (Å²) in [5, 5.41) is 13.9. The zero-order valence-corrected chi connectivity index (χ0v) is 14.4. The molecule has 0 atom stereocenters. The van der Waals surface area contributed by atoms with Gasteiger partial charge in [-0.05, 0) is 38.1 Å². The minimum Gasteiger partial charge on any atom is -0.506 e. The van der Waals surface area contributed by atoms with Crippen molar-refractivity contribution in [2.45, 2.75) is 25.7 Å². The zero-order valence-electron chi connectivity index (χ0n) is 13.6. The number of aromatic amines is 1. The van der Waals surface area contributed by atoms with Crippen molar-refractivity contribution < 1.29 is 13.5 Å². The van der Waals surface area contributed by atoms with Crippen LogP contribution in [-0.4, -0.2) is 34.2 Å². The normalized spacial score (nSPS) is 11.8. The first-order chi connectivity index (χ1) is 11.3. The molecule has 0 fully saturated rings. The number of aromatic nitrogens is 3. The highest BCUT2D eigenvalue weighted by molar-refractivity contribution is 7.91. The molecule has 126 valence electrons. The lowest BCUT2D eigenvalue weighted by molar-refractivity contribution is 0.477. The van der Waals surface area contributed by atoms with E-state index in [2.05, 4.69) is 20.3 Å². The Bertz CT molecular complexity index is 1030. The number of hydrogen-bond donors (Lipinski definition) is 3. The number of nitrogens with zero attached hydrogens (tertiary/aromatic N) is 2. The molecule has 0 bridgehead atoms. The Morgan fingerprint density at radius 1 is 1.21 bits per heavy atom. The zero-order chi connectivity index (χ0) is 17.5. The minimum atomic E-state index is -3.37. The van der Waals surface area contributed by atoms with Crippen LogP contribution in [0.3, 0.4) is 0 Å². The van der Waals surface area contributed by atoms with E-state index in [1.54, 1.807) is 13.8 Å². The lowest BCUT2D eigenvalue weighted by Crippen LogP contribution is -2.05. The van der Waals surface area contributed by atoms with E-state index in [0.717, 1.165) is 11.1 Å². The number of hydrogen-bond acceptors (Lipinski definition) is 6. The molecule has 3 aromatic rings. The maximum absolute atomic E-state index is 12.0. The van der Waals surface area contributed by atoms with Crippen LogP contribution in [-0.2, 0) is 9.84 Å². The molecular weight excluding hydrogens is 328 g/mol. The maximum atomic E-state index is 12.0. The van der Waals surface area contributed by atoms with Crippen molar-refractivity contribution in [1.29, 1.82) is 0 Å². The quantitative estimate of drug-likeness (QED) is 0.627. The second kappa shape index (κ2) is 5.79. The van der Waals surface area contributed by atoms with Crippen LogP contribution in [0.4, 0.5) is 11.5 Å². The highest BCUT2D eigenvalue weighted by Gasteiger charge is 2.16. The molecule has 0 saturated heterocycles. The summed E-state index contributed by atoms with van der Waals surface area (Å²) in [6.07, 6.45) is 0. The fourth-order valence-corrected chi connectivity index (χ4v) is 3.36. The van der Waals surface area contributed by atoms with E-state index in [-0.39, 0.29) is 22.1 Å². The summed E-state index contributed by atoms with van der Waals surface area (Å²) in [7, 11) is -3.37.